The molecule has 0 bridgehead atoms. The molecular formula is C29H31Cl3NO5PS2. The van der Waals surface area contributed by atoms with E-state index in [1.54, 1.807) is 12.1 Å². The molecule has 0 aromatic heterocycles. The maximum absolute atomic E-state index is 14.0. The first kappa shape index (κ1) is 32.4. The Labute approximate surface area is 262 Å². The molecule has 2 aromatic carbocycles. The van der Waals surface area contributed by atoms with Gasteiger partial charge in [-0.3, -0.25) is 4.79 Å². The zero-order valence-corrected chi connectivity index (χ0v) is 27.5. The molecule has 12 heteroatoms. The molecule has 1 N–H and O–H groups in total. The maximum Gasteiger partial charge on any atom is 0.493 e. The van der Waals surface area contributed by atoms with Crippen LogP contribution in [0.4, 0.5) is 0 Å². The Hall–Kier alpha value is -1.51. The number of unbranched alkanes of at least 4 members (excludes halogenated alkanes) is 4. The van der Waals surface area contributed by atoms with E-state index in [4.69, 9.17) is 43.9 Å². The third-order valence-electron chi connectivity index (χ3n) is 6.34. The number of fused-ring (bicyclic) bond motifs is 2. The molecule has 2 unspecified atom stereocenters. The van der Waals surface area contributed by atoms with Crippen LogP contribution in [0.25, 0.3) is 22.2 Å². The summed E-state index contributed by atoms with van der Waals surface area (Å²) in [4.78, 5) is 17.6. The minimum Gasteiger partial charge on any atom is -0.611 e. The van der Waals surface area contributed by atoms with Gasteiger partial charge in [0.15, 0.2) is 16.4 Å². The van der Waals surface area contributed by atoms with Gasteiger partial charge in [-0.15, -0.1) is 0 Å². The number of benzene rings is 3. The van der Waals surface area contributed by atoms with Gasteiger partial charge < -0.3 is 18.6 Å². The van der Waals surface area contributed by atoms with Gasteiger partial charge in [0, 0.05) is 10.8 Å². The standard InChI is InChI=1S/C29H31Cl3NO5PS2/c1-3-5-7-8-15-41(36)27-11-9-10-24-20(27)18-21-25(33-24)12-13-26(28(21)34)37-39(35,40-14-6-4-2)38-29-22(31)16-19(30)17-23(29)32/h9-13,16-18,33H,3-8,14-15H2,1-2H3. The second kappa shape index (κ2) is 14.8. The predicted molar refractivity (Wildman–Crippen MR) is 174 cm³/mol. The fourth-order valence-electron chi connectivity index (χ4n) is 4.20. The first-order chi connectivity index (χ1) is 19.7. The van der Waals surface area contributed by atoms with E-state index in [0.717, 1.165) is 55.4 Å². The highest BCUT2D eigenvalue weighted by Gasteiger charge is 2.33. The lowest BCUT2D eigenvalue weighted by molar-refractivity contribution is 0.407. The van der Waals surface area contributed by atoms with Crippen molar-refractivity contribution in [1.29, 1.82) is 0 Å². The van der Waals surface area contributed by atoms with Crippen LogP contribution >= 0.6 is 53.0 Å². The van der Waals surface area contributed by atoms with E-state index < -0.39 is 23.4 Å². The average Bonchev–Trinajstić information content (AvgIpc) is 2.94. The molecule has 2 aliphatic rings. The molecule has 1 aliphatic carbocycles. The van der Waals surface area contributed by atoms with Crippen molar-refractivity contribution in [1.82, 2.24) is 4.98 Å². The summed E-state index contributed by atoms with van der Waals surface area (Å²) in [5.74, 6) is 0.834. The molecular weight excluding hydrogens is 644 g/mol. The van der Waals surface area contributed by atoms with E-state index in [9.17, 15) is 13.9 Å². The monoisotopic (exact) mass is 673 g/mol. The number of hydrogen-bond donors (Lipinski definition) is 1. The van der Waals surface area contributed by atoms with E-state index in [1.807, 2.05) is 25.1 Å². The third kappa shape index (κ3) is 8.11. The molecule has 0 radical (unpaired) electrons. The van der Waals surface area contributed by atoms with Gasteiger partial charge in [-0.2, -0.15) is 0 Å². The van der Waals surface area contributed by atoms with Gasteiger partial charge in [-0.25, -0.2) is 4.57 Å². The van der Waals surface area contributed by atoms with Crippen LogP contribution in [0.3, 0.4) is 0 Å². The van der Waals surface area contributed by atoms with E-state index in [0.29, 0.717) is 38.1 Å². The van der Waals surface area contributed by atoms with Crippen LogP contribution in [0.1, 0.15) is 52.4 Å². The average molecular weight is 675 g/mol. The third-order valence-corrected chi connectivity index (χ3v) is 12.2. The molecule has 0 saturated heterocycles. The zero-order valence-electron chi connectivity index (χ0n) is 22.7. The SMILES string of the molecule is CCCCCC[S+]([O-])c1cccc2[nH]c3ccc(OP(=O)(Oc4c(Cl)cc(Cl)cc4Cl)SCCCC)c(=O)c-3cc12. The van der Waals surface area contributed by atoms with Crippen LogP contribution in [0.2, 0.25) is 15.1 Å². The number of hydrogen-bond acceptors (Lipinski definition) is 6. The molecule has 1 aliphatic heterocycles. The van der Waals surface area contributed by atoms with Crippen molar-refractivity contribution in [3.8, 4) is 22.8 Å². The van der Waals surface area contributed by atoms with Crippen molar-refractivity contribution >= 4 is 75.1 Å². The highest BCUT2D eigenvalue weighted by atomic mass is 35.5. The van der Waals surface area contributed by atoms with Crippen molar-refractivity contribution in [2.24, 2.45) is 0 Å². The molecule has 0 saturated carbocycles. The molecule has 0 spiro atoms. The zero-order chi connectivity index (χ0) is 29.6. The lowest BCUT2D eigenvalue weighted by atomic mass is 10.1. The molecule has 6 nitrogen and oxygen atoms in total. The molecule has 1 heterocycles. The smallest absolute Gasteiger partial charge is 0.493 e. The van der Waals surface area contributed by atoms with Crippen LogP contribution in [0, 0.1) is 0 Å². The molecule has 0 fully saturated rings. The van der Waals surface area contributed by atoms with Crippen LogP contribution in [0.5, 0.6) is 11.5 Å². The first-order valence-electron chi connectivity index (χ1n) is 13.4. The number of halogens is 3. The summed E-state index contributed by atoms with van der Waals surface area (Å²) in [6.45, 7) is 0.131. The van der Waals surface area contributed by atoms with Gasteiger partial charge in [0.1, 0.15) is 5.75 Å². The highest BCUT2D eigenvalue weighted by Crippen LogP contribution is 2.61. The van der Waals surface area contributed by atoms with Gasteiger partial charge in [0.25, 0.3) is 0 Å². The normalized spacial score (nSPS) is 13.8. The van der Waals surface area contributed by atoms with Crippen LogP contribution in [-0.2, 0) is 15.7 Å². The summed E-state index contributed by atoms with van der Waals surface area (Å²) in [6.07, 6.45) is 5.72. The number of aromatic amines is 1. The number of nitrogens with one attached hydrogen (secondary N) is 1. The minimum atomic E-state index is -4.01. The predicted octanol–water partition coefficient (Wildman–Crippen LogP) is 10.4. The molecule has 2 aromatic rings. The van der Waals surface area contributed by atoms with E-state index in [2.05, 4.69) is 11.9 Å². The summed E-state index contributed by atoms with van der Waals surface area (Å²) in [7, 11) is 0. The quantitative estimate of drug-likeness (QED) is 0.0619. The van der Waals surface area contributed by atoms with Crippen molar-refractivity contribution in [3.63, 3.8) is 0 Å². The van der Waals surface area contributed by atoms with E-state index in [-0.39, 0.29) is 21.5 Å². The van der Waals surface area contributed by atoms with Crippen molar-refractivity contribution < 1.29 is 18.2 Å². The summed E-state index contributed by atoms with van der Waals surface area (Å²) in [6, 6.07) is 13.3. The van der Waals surface area contributed by atoms with E-state index in [1.165, 1.54) is 18.2 Å². The number of pyridine rings is 1. The maximum atomic E-state index is 14.0. The molecule has 4 rings (SSSR count). The summed E-state index contributed by atoms with van der Waals surface area (Å²) in [5, 5.41) is 1.13. The minimum absolute atomic E-state index is 0.0383. The first-order valence-corrected chi connectivity index (χ1v) is 19.0. The second-order valence-electron chi connectivity index (χ2n) is 9.47. The Morgan fingerprint density at radius 1 is 0.951 bits per heavy atom. The fourth-order valence-corrected chi connectivity index (χ4v) is 9.96. The molecule has 41 heavy (non-hydrogen) atoms. The lowest BCUT2D eigenvalue weighted by Crippen LogP contribution is -2.13. The second-order valence-corrected chi connectivity index (χ2v) is 16.3. The van der Waals surface area contributed by atoms with Gasteiger partial charge in [0.2, 0.25) is 5.43 Å². The van der Waals surface area contributed by atoms with E-state index >= 15 is 0 Å². The van der Waals surface area contributed by atoms with Crippen molar-refractivity contribution in [2.45, 2.75) is 57.3 Å². The Kier molecular flexibility index (Phi) is 11.7. The summed E-state index contributed by atoms with van der Waals surface area (Å²) in [5.41, 5.74) is 1.18. The van der Waals surface area contributed by atoms with Gasteiger partial charge >= 0.3 is 6.80 Å². The lowest BCUT2D eigenvalue weighted by Gasteiger charge is -2.21. The van der Waals surface area contributed by atoms with Crippen molar-refractivity contribution in [3.05, 3.63) is 73.8 Å². The molecule has 220 valence electrons. The number of aromatic nitrogens is 1. The Balaban J connectivity index is 1.71. The summed E-state index contributed by atoms with van der Waals surface area (Å²) < 4.78 is 38.8. The van der Waals surface area contributed by atoms with Crippen LogP contribution in [0.15, 0.2) is 58.2 Å². The molecule has 0 amide bonds. The molecule has 2 atom stereocenters. The van der Waals surface area contributed by atoms with Gasteiger partial charge in [0.05, 0.1) is 32.2 Å². The number of rotatable bonds is 14. The van der Waals surface area contributed by atoms with Crippen LogP contribution in [-0.4, -0.2) is 21.0 Å². The Morgan fingerprint density at radius 3 is 2.39 bits per heavy atom. The largest absolute Gasteiger partial charge is 0.611 e. The van der Waals surface area contributed by atoms with Gasteiger partial charge in [-0.1, -0.05) is 74.0 Å². The van der Waals surface area contributed by atoms with Crippen LogP contribution < -0.4 is 14.5 Å². The van der Waals surface area contributed by atoms with Crippen molar-refractivity contribution in [2.75, 3.05) is 11.5 Å². The topological polar surface area (TPSA) is 91.5 Å². The Bertz CT molecular complexity index is 1560. The Morgan fingerprint density at radius 2 is 1.68 bits per heavy atom. The number of H-pyrrole nitrogens is 1. The highest BCUT2D eigenvalue weighted by molar-refractivity contribution is 8.55. The fraction of sp³-hybridized carbons (Fsp3) is 0.345. The van der Waals surface area contributed by atoms with Gasteiger partial charge in [-0.05, 0) is 84.3 Å². The summed E-state index contributed by atoms with van der Waals surface area (Å²) >= 11 is 18.3.